The number of allylic oxidation sites excluding steroid dienone is 1. The van der Waals surface area contributed by atoms with Gasteiger partial charge in [-0.25, -0.2) is 4.79 Å². The number of esters is 1. The van der Waals surface area contributed by atoms with Crippen LogP contribution in [-0.4, -0.2) is 30.6 Å². The number of nitrogens with zero attached hydrogens (tertiary/aromatic N) is 2. The Morgan fingerprint density at radius 1 is 1.30 bits per heavy atom. The molecule has 0 atom stereocenters. The number of ether oxygens (including phenoxy) is 1. The zero-order valence-corrected chi connectivity index (χ0v) is 16.3. The Morgan fingerprint density at radius 3 is 2.67 bits per heavy atom. The van der Waals surface area contributed by atoms with E-state index in [1.807, 2.05) is 37.1 Å². The Balaban J connectivity index is 1.74. The zero-order valence-electron chi connectivity index (χ0n) is 16.3. The third-order valence-corrected chi connectivity index (χ3v) is 5.06. The van der Waals surface area contributed by atoms with Crippen LogP contribution in [0.4, 0.5) is 5.69 Å². The molecule has 1 aromatic carbocycles. The average Bonchev–Trinajstić information content (AvgIpc) is 3.11. The van der Waals surface area contributed by atoms with Crippen LogP contribution in [0.2, 0.25) is 0 Å². The highest BCUT2D eigenvalue weighted by Crippen LogP contribution is 2.46. The lowest BCUT2D eigenvalue weighted by atomic mass is 9.83. The molecule has 0 amide bonds. The van der Waals surface area contributed by atoms with Crippen molar-refractivity contribution in [3.63, 3.8) is 0 Å². The molecule has 0 radical (unpaired) electrons. The average molecular weight is 368 g/mol. The summed E-state index contributed by atoms with van der Waals surface area (Å²) >= 11 is 0. The van der Waals surface area contributed by atoms with Crippen molar-refractivity contribution in [2.45, 2.75) is 39.5 Å². The summed E-state index contributed by atoms with van der Waals surface area (Å²) in [7, 11) is 1.94. The minimum Gasteiger partial charge on any atom is -0.454 e. The van der Waals surface area contributed by atoms with Gasteiger partial charge in [0, 0.05) is 29.9 Å². The first-order chi connectivity index (χ1) is 12.8. The summed E-state index contributed by atoms with van der Waals surface area (Å²) in [5.41, 5.74) is 3.66. The molecule has 0 spiro atoms. The monoisotopic (exact) mass is 368 g/mol. The van der Waals surface area contributed by atoms with Crippen molar-refractivity contribution in [3.05, 3.63) is 58.6 Å². The molecular formula is C21H24N2O4. The molecule has 1 aliphatic heterocycles. The molecule has 0 saturated heterocycles. The van der Waals surface area contributed by atoms with E-state index in [0.717, 1.165) is 16.9 Å². The summed E-state index contributed by atoms with van der Waals surface area (Å²) in [5, 5.41) is 3.84. The Morgan fingerprint density at radius 2 is 2.00 bits per heavy atom. The van der Waals surface area contributed by atoms with E-state index in [0.29, 0.717) is 23.4 Å². The van der Waals surface area contributed by atoms with Gasteiger partial charge in [0.05, 0.1) is 5.69 Å². The molecule has 1 aromatic heterocycles. The number of benzene rings is 1. The Hall–Kier alpha value is -2.89. The first-order valence-corrected chi connectivity index (χ1v) is 8.97. The first kappa shape index (κ1) is 18.9. The summed E-state index contributed by atoms with van der Waals surface area (Å²) in [4.78, 5) is 26.8. The normalized spacial score (nSPS) is 16.5. The predicted molar refractivity (Wildman–Crippen MR) is 102 cm³/mol. The fourth-order valence-electron chi connectivity index (χ4n) is 3.58. The van der Waals surface area contributed by atoms with E-state index in [-0.39, 0.29) is 17.8 Å². The van der Waals surface area contributed by atoms with E-state index >= 15 is 0 Å². The molecule has 2 aromatic rings. The molecule has 0 fully saturated rings. The molecule has 1 aliphatic rings. The van der Waals surface area contributed by atoms with E-state index in [1.165, 1.54) is 0 Å². The number of likely N-dealkylation sites (N-methyl/N-ethyl adjacent to an activating group) is 1. The maximum absolute atomic E-state index is 12.5. The van der Waals surface area contributed by atoms with Crippen molar-refractivity contribution >= 4 is 17.4 Å². The summed E-state index contributed by atoms with van der Waals surface area (Å²) in [6, 6.07) is 8.07. The molecule has 0 bridgehead atoms. The van der Waals surface area contributed by atoms with Gasteiger partial charge in [0.1, 0.15) is 11.3 Å². The third kappa shape index (κ3) is 3.27. The van der Waals surface area contributed by atoms with Gasteiger partial charge < -0.3 is 14.2 Å². The number of para-hydroxylation sites is 1. The SMILES string of the molecule is CCc1noc(C)c1C(=O)OCC(=O)C=C1N(C)c2ccccc2C1(C)C. The van der Waals surface area contributed by atoms with Crippen LogP contribution < -0.4 is 4.90 Å². The number of ketones is 1. The molecule has 0 N–H and O–H groups in total. The van der Waals surface area contributed by atoms with Gasteiger partial charge in [-0.2, -0.15) is 0 Å². The minimum absolute atomic E-state index is 0.266. The molecular weight excluding hydrogens is 344 g/mol. The van der Waals surface area contributed by atoms with E-state index in [2.05, 4.69) is 25.1 Å². The first-order valence-electron chi connectivity index (χ1n) is 8.97. The Labute approximate surface area is 158 Å². The fourth-order valence-corrected chi connectivity index (χ4v) is 3.58. The molecule has 0 saturated carbocycles. The van der Waals surface area contributed by atoms with Crippen LogP contribution in [0.15, 0.2) is 40.6 Å². The maximum Gasteiger partial charge on any atom is 0.344 e. The number of hydrogen-bond donors (Lipinski definition) is 0. The van der Waals surface area contributed by atoms with E-state index in [9.17, 15) is 9.59 Å². The van der Waals surface area contributed by atoms with Gasteiger partial charge in [0.2, 0.25) is 0 Å². The van der Waals surface area contributed by atoms with E-state index < -0.39 is 5.97 Å². The quantitative estimate of drug-likeness (QED) is 0.593. The second-order valence-electron chi connectivity index (χ2n) is 7.19. The molecule has 27 heavy (non-hydrogen) atoms. The molecule has 142 valence electrons. The van der Waals surface area contributed by atoms with Gasteiger partial charge in [-0.3, -0.25) is 4.79 Å². The summed E-state index contributed by atoms with van der Waals surface area (Å²) in [6.07, 6.45) is 2.12. The standard InChI is InChI=1S/C21H24N2O4/c1-6-16-19(13(2)27-22-16)20(25)26-12-14(24)11-18-21(3,4)15-9-7-8-10-17(15)23(18)5/h7-11H,6,12H2,1-5H3. The van der Waals surface area contributed by atoms with Gasteiger partial charge in [0.15, 0.2) is 12.4 Å². The van der Waals surface area contributed by atoms with Crippen molar-refractivity contribution in [3.8, 4) is 0 Å². The van der Waals surface area contributed by atoms with Crippen LogP contribution in [0, 0.1) is 6.92 Å². The number of rotatable bonds is 5. The zero-order chi connectivity index (χ0) is 19.8. The van der Waals surface area contributed by atoms with Crippen molar-refractivity contribution in [1.29, 1.82) is 0 Å². The minimum atomic E-state index is -0.584. The predicted octanol–water partition coefficient (Wildman–Crippen LogP) is 3.58. The molecule has 0 unspecified atom stereocenters. The highest BCUT2D eigenvalue weighted by molar-refractivity contribution is 5.97. The lowest BCUT2D eigenvalue weighted by molar-refractivity contribution is -0.117. The Kier molecular flexibility index (Phi) is 4.91. The highest BCUT2D eigenvalue weighted by atomic mass is 16.5. The van der Waals surface area contributed by atoms with Gasteiger partial charge in [-0.1, -0.05) is 44.1 Å². The highest BCUT2D eigenvalue weighted by Gasteiger charge is 2.38. The van der Waals surface area contributed by atoms with Crippen LogP contribution in [0.3, 0.4) is 0 Å². The fraction of sp³-hybridized carbons (Fsp3) is 0.381. The second-order valence-corrected chi connectivity index (χ2v) is 7.19. The maximum atomic E-state index is 12.5. The van der Waals surface area contributed by atoms with Gasteiger partial charge in [-0.15, -0.1) is 0 Å². The number of hydrogen-bond acceptors (Lipinski definition) is 6. The van der Waals surface area contributed by atoms with Gasteiger partial charge >= 0.3 is 5.97 Å². The van der Waals surface area contributed by atoms with Gasteiger partial charge in [0.25, 0.3) is 0 Å². The lowest BCUT2D eigenvalue weighted by Crippen LogP contribution is -2.25. The van der Waals surface area contributed by atoms with Crippen molar-refractivity contribution in [2.75, 3.05) is 18.6 Å². The van der Waals surface area contributed by atoms with Crippen molar-refractivity contribution < 1.29 is 18.8 Å². The van der Waals surface area contributed by atoms with Crippen LogP contribution in [0.1, 0.15) is 48.1 Å². The van der Waals surface area contributed by atoms with Gasteiger partial charge in [-0.05, 0) is 25.0 Å². The topological polar surface area (TPSA) is 72.6 Å². The second kappa shape index (κ2) is 7.02. The number of anilines is 1. The molecule has 6 heteroatoms. The number of carbonyl (C=O) groups is 2. The summed E-state index contributed by atoms with van der Waals surface area (Å²) in [5.74, 6) is -0.451. The molecule has 0 aliphatic carbocycles. The van der Waals surface area contributed by atoms with Crippen LogP contribution >= 0.6 is 0 Å². The summed E-state index contributed by atoms with van der Waals surface area (Å²) in [6.45, 7) is 7.36. The summed E-state index contributed by atoms with van der Waals surface area (Å²) < 4.78 is 10.3. The van der Waals surface area contributed by atoms with Crippen molar-refractivity contribution in [1.82, 2.24) is 5.16 Å². The number of fused-ring (bicyclic) bond motifs is 1. The van der Waals surface area contributed by atoms with Crippen LogP contribution in [0.5, 0.6) is 0 Å². The Bertz CT molecular complexity index is 924. The smallest absolute Gasteiger partial charge is 0.344 e. The lowest BCUT2D eigenvalue weighted by Gasteiger charge is -2.23. The number of carbonyl (C=O) groups excluding carboxylic acids is 2. The number of aromatic nitrogens is 1. The largest absolute Gasteiger partial charge is 0.454 e. The molecule has 2 heterocycles. The molecule has 3 rings (SSSR count). The van der Waals surface area contributed by atoms with E-state index in [4.69, 9.17) is 9.26 Å². The van der Waals surface area contributed by atoms with E-state index in [1.54, 1.807) is 13.0 Å². The van der Waals surface area contributed by atoms with Crippen molar-refractivity contribution in [2.24, 2.45) is 0 Å². The third-order valence-electron chi connectivity index (χ3n) is 5.06. The van der Waals surface area contributed by atoms with Crippen LogP contribution in [-0.2, 0) is 21.4 Å². The van der Waals surface area contributed by atoms with Crippen LogP contribution in [0.25, 0.3) is 0 Å². The molecule has 6 nitrogen and oxygen atoms in total. The number of aryl methyl sites for hydroxylation is 2.